The van der Waals surface area contributed by atoms with Gasteiger partial charge in [-0.25, -0.2) is 0 Å². The fraction of sp³-hybridized carbons (Fsp3) is 0.538. The highest BCUT2D eigenvalue weighted by molar-refractivity contribution is 6.42. The molecule has 1 atom stereocenters. The van der Waals surface area contributed by atoms with Gasteiger partial charge in [0, 0.05) is 6.07 Å². The van der Waals surface area contributed by atoms with Gasteiger partial charge in [-0.1, -0.05) is 23.2 Å². The summed E-state index contributed by atoms with van der Waals surface area (Å²) in [4.78, 5) is 0. The predicted molar refractivity (Wildman–Crippen MR) is 72.2 cm³/mol. The molecule has 2 rings (SSSR count). The second-order valence-electron chi connectivity index (χ2n) is 4.43. The van der Waals surface area contributed by atoms with E-state index in [1.807, 2.05) is 6.07 Å². The van der Waals surface area contributed by atoms with Gasteiger partial charge in [0.2, 0.25) is 0 Å². The molecule has 4 heteroatoms. The molecule has 0 amide bonds. The van der Waals surface area contributed by atoms with Crippen molar-refractivity contribution in [3.8, 4) is 5.75 Å². The summed E-state index contributed by atoms with van der Waals surface area (Å²) >= 11 is 11.7. The van der Waals surface area contributed by atoms with Crippen molar-refractivity contribution >= 4 is 23.2 Å². The molecule has 2 nitrogen and oxygen atoms in total. The number of hydrogen-bond donors (Lipinski definition) is 1. The van der Waals surface area contributed by atoms with Crippen LogP contribution in [-0.4, -0.2) is 19.7 Å². The average Bonchev–Trinajstić information content (AvgIpc) is 2.82. The third kappa shape index (κ3) is 4.06. The largest absolute Gasteiger partial charge is 0.494 e. The highest BCUT2D eigenvalue weighted by atomic mass is 35.5. The molecule has 94 valence electrons. The molecule has 1 N–H and O–H groups in total. The molecule has 1 aromatic rings. The Hall–Kier alpha value is -0.440. The van der Waals surface area contributed by atoms with E-state index in [0.717, 1.165) is 37.8 Å². The van der Waals surface area contributed by atoms with Crippen LogP contribution >= 0.6 is 23.2 Å². The lowest BCUT2D eigenvalue weighted by Gasteiger charge is -2.09. The summed E-state index contributed by atoms with van der Waals surface area (Å²) in [6.07, 6.45) is 3.62. The fourth-order valence-corrected chi connectivity index (χ4v) is 2.38. The summed E-state index contributed by atoms with van der Waals surface area (Å²) in [6.45, 7) is 3.07. The van der Waals surface area contributed by atoms with E-state index in [1.54, 1.807) is 12.1 Å². The summed E-state index contributed by atoms with van der Waals surface area (Å²) in [7, 11) is 0. The lowest BCUT2D eigenvalue weighted by Crippen LogP contribution is -2.09. The Bertz CT molecular complexity index is 364. The fourth-order valence-electron chi connectivity index (χ4n) is 2.09. The van der Waals surface area contributed by atoms with Crippen molar-refractivity contribution in [3.63, 3.8) is 0 Å². The lowest BCUT2D eigenvalue weighted by atomic mass is 10.0. The zero-order valence-corrected chi connectivity index (χ0v) is 11.2. The van der Waals surface area contributed by atoms with Crippen LogP contribution in [0.3, 0.4) is 0 Å². The second kappa shape index (κ2) is 6.48. The Morgan fingerprint density at radius 3 is 2.88 bits per heavy atom. The number of halogens is 2. The van der Waals surface area contributed by atoms with Crippen LogP contribution in [0.15, 0.2) is 18.2 Å². The quantitative estimate of drug-likeness (QED) is 0.825. The maximum Gasteiger partial charge on any atom is 0.120 e. The minimum absolute atomic E-state index is 0.546. The van der Waals surface area contributed by atoms with Gasteiger partial charge in [0.15, 0.2) is 0 Å². The molecular weight excluding hydrogens is 257 g/mol. The first-order chi connectivity index (χ1) is 8.25. The standard InChI is InChI=1S/C13H17Cl2NO/c14-12-4-3-11(8-13(12)15)17-7-1-2-10-5-6-16-9-10/h3-4,8,10,16H,1-2,5-7,9H2. The van der Waals surface area contributed by atoms with Gasteiger partial charge < -0.3 is 10.1 Å². The minimum atomic E-state index is 0.546. The Morgan fingerprint density at radius 1 is 1.29 bits per heavy atom. The van der Waals surface area contributed by atoms with E-state index in [1.165, 1.54) is 12.8 Å². The lowest BCUT2D eigenvalue weighted by molar-refractivity contribution is 0.295. The number of benzene rings is 1. The van der Waals surface area contributed by atoms with Gasteiger partial charge in [0.25, 0.3) is 0 Å². The Morgan fingerprint density at radius 2 is 2.18 bits per heavy atom. The molecule has 1 aromatic carbocycles. The van der Waals surface area contributed by atoms with Crippen LogP contribution < -0.4 is 10.1 Å². The molecule has 1 aliphatic rings. The molecule has 0 aromatic heterocycles. The topological polar surface area (TPSA) is 21.3 Å². The normalized spacial score (nSPS) is 19.5. The minimum Gasteiger partial charge on any atom is -0.494 e. The summed E-state index contributed by atoms with van der Waals surface area (Å²) in [5.41, 5.74) is 0. The van der Waals surface area contributed by atoms with E-state index >= 15 is 0 Å². The van der Waals surface area contributed by atoms with Crippen LogP contribution in [0.4, 0.5) is 0 Å². The molecule has 17 heavy (non-hydrogen) atoms. The maximum absolute atomic E-state index is 5.91. The van der Waals surface area contributed by atoms with Gasteiger partial charge in [0.05, 0.1) is 16.7 Å². The summed E-state index contributed by atoms with van der Waals surface area (Å²) in [6, 6.07) is 5.38. The van der Waals surface area contributed by atoms with Crippen molar-refractivity contribution < 1.29 is 4.74 Å². The molecule has 1 heterocycles. The van der Waals surface area contributed by atoms with E-state index in [0.29, 0.717) is 10.0 Å². The molecule has 1 aliphatic heterocycles. The van der Waals surface area contributed by atoms with Gasteiger partial charge in [-0.15, -0.1) is 0 Å². The molecule has 0 aliphatic carbocycles. The number of ether oxygens (including phenoxy) is 1. The first-order valence-corrected chi connectivity index (χ1v) is 6.80. The van der Waals surface area contributed by atoms with Crippen molar-refractivity contribution in [1.29, 1.82) is 0 Å². The van der Waals surface area contributed by atoms with E-state index in [2.05, 4.69) is 5.32 Å². The molecule has 1 saturated heterocycles. The van der Waals surface area contributed by atoms with Gasteiger partial charge in [0.1, 0.15) is 5.75 Å². The monoisotopic (exact) mass is 273 g/mol. The zero-order chi connectivity index (χ0) is 12.1. The first-order valence-electron chi connectivity index (χ1n) is 6.04. The van der Waals surface area contributed by atoms with Gasteiger partial charge in [-0.05, 0) is 50.4 Å². The van der Waals surface area contributed by atoms with Crippen LogP contribution in [0.1, 0.15) is 19.3 Å². The van der Waals surface area contributed by atoms with E-state index in [9.17, 15) is 0 Å². The van der Waals surface area contributed by atoms with Gasteiger partial charge in [-0.3, -0.25) is 0 Å². The maximum atomic E-state index is 5.91. The average molecular weight is 274 g/mol. The molecule has 0 saturated carbocycles. The Balaban J connectivity index is 1.68. The van der Waals surface area contributed by atoms with Gasteiger partial charge >= 0.3 is 0 Å². The smallest absolute Gasteiger partial charge is 0.120 e. The van der Waals surface area contributed by atoms with Crippen molar-refractivity contribution in [2.75, 3.05) is 19.7 Å². The van der Waals surface area contributed by atoms with Crippen molar-refractivity contribution in [2.45, 2.75) is 19.3 Å². The third-order valence-corrected chi connectivity index (χ3v) is 3.82. The van der Waals surface area contributed by atoms with Crippen LogP contribution in [-0.2, 0) is 0 Å². The number of hydrogen-bond acceptors (Lipinski definition) is 2. The molecule has 0 bridgehead atoms. The van der Waals surface area contributed by atoms with Crippen LogP contribution in [0.25, 0.3) is 0 Å². The zero-order valence-electron chi connectivity index (χ0n) is 9.72. The summed E-state index contributed by atoms with van der Waals surface area (Å²) in [5.74, 6) is 1.62. The SMILES string of the molecule is Clc1ccc(OCCCC2CCNC2)cc1Cl. The summed E-state index contributed by atoms with van der Waals surface area (Å²) < 4.78 is 5.64. The highest BCUT2D eigenvalue weighted by Crippen LogP contribution is 2.26. The van der Waals surface area contributed by atoms with Crippen molar-refractivity contribution in [1.82, 2.24) is 5.32 Å². The highest BCUT2D eigenvalue weighted by Gasteiger charge is 2.13. The number of rotatable bonds is 5. The Kier molecular flexibility index (Phi) is 4.96. The van der Waals surface area contributed by atoms with Crippen molar-refractivity contribution in [2.24, 2.45) is 5.92 Å². The molecule has 0 spiro atoms. The van der Waals surface area contributed by atoms with E-state index < -0.39 is 0 Å². The molecule has 1 unspecified atom stereocenters. The van der Waals surface area contributed by atoms with E-state index in [4.69, 9.17) is 27.9 Å². The molecular formula is C13H17Cl2NO. The number of nitrogens with one attached hydrogen (secondary N) is 1. The van der Waals surface area contributed by atoms with Crippen LogP contribution in [0, 0.1) is 5.92 Å². The molecule has 0 radical (unpaired) electrons. The van der Waals surface area contributed by atoms with E-state index in [-0.39, 0.29) is 0 Å². The van der Waals surface area contributed by atoms with Gasteiger partial charge in [-0.2, -0.15) is 0 Å². The van der Waals surface area contributed by atoms with Crippen LogP contribution in [0.2, 0.25) is 10.0 Å². The van der Waals surface area contributed by atoms with Crippen molar-refractivity contribution in [3.05, 3.63) is 28.2 Å². The third-order valence-electron chi connectivity index (χ3n) is 3.08. The predicted octanol–water partition coefficient (Wildman–Crippen LogP) is 3.76. The van der Waals surface area contributed by atoms with Crippen LogP contribution in [0.5, 0.6) is 5.75 Å². The first kappa shape index (κ1) is 13.0. The Labute approximate surface area is 112 Å². The summed E-state index contributed by atoms with van der Waals surface area (Å²) in [5, 5.41) is 4.48. The second-order valence-corrected chi connectivity index (χ2v) is 5.24. The molecule has 1 fully saturated rings.